The summed E-state index contributed by atoms with van der Waals surface area (Å²) in [7, 11) is -4.05. The summed E-state index contributed by atoms with van der Waals surface area (Å²) >= 11 is 0. The number of aliphatic hydroxyl groups excluding tert-OH is 1. The molecule has 0 saturated carbocycles. The van der Waals surface area contributed by atoms with E-state index in [0.717, 1.165) is 11.1 Å². The minimum absolute atomic E-state index is 0.0253. The average Bonchev–Trinajstić information content (AvgIpc) is 3.40. The molecule has 13 heteroatoms. The minimum atomic E-state index is -4.05. The number of sulfonamides is 1. The maximum atomic E-state index is 14.0. The number of oxime groups is 1. The molecule has 1 aliphatic heterocycles. The first-order valence-electron chi connectivity index (χ1n) is 16.1. The largest absolute Gasteiger partial charge is 0.411 e. The number of amides is 3. The van der Waals surface area contributed by atoms with E-state index in [2.05, 4.69) is 15.5 Å². The SMILES string of the molecule is CC(C)CN(CC(O)[C@H](Cc1ccccc1)NC(=O)[C@@H](C(C)C)N1CCN(Cc2cccnc2)C1=O)S(=O)(=O)c1ccc(/C=N/O)cc1. The molecule has 4 rings (SSSR count). The highest BCUT2D eigenvalue weighted by atomic mass is 32.2. The van der Waals surface area contributed by atoms with Crippen LogP contribution in [0.25, 0.3) is 0 Å². The molecule has 2 aromatic carbocycles. The number of nitrogens with one attached hydrogen (secondary N) is 1. The van der Waals surface area contributed by atoms with Gasteiger partial charge in [0.1, 0.15) is 6.04 Å². The van der Waals surface area contributed by atoms with Crippen LogP contribution in [0.1, 0.15) is 44.4 Å². The summed E-state index contributed by atoms with van der Waals surface area (Å²) < 4.78 is 28.9. The molecule has 0 spiro atoms. The molecule has 0 radical (unpaired) electrons. The van der Waals surface area contributed by atoms with Crippen molar-refractivity contribution in [1.82, 2.24) is 24.4 Å². The molecule has 1 aliphatic rings. The third kappa shape index (κ3) is 9.39. The zero-order valence-corrected chi connectivity index (χ0v) is 28.7. The molecule has 2 heterocycles. The second-order valence-electron chi connectivity index (χ2n) is 12.8. The number of benzene rings is 2. The van der Waals surface area contributed by atoms with Crippen molar-refractivity contribution in [2.75, 3.05) is 26.2 Å². The summed E-state index contributed by atoms with van der Waals surface area (Å²) in [6.45, 7) is 8.58. The van der Waals surface area contributed by atoms with Gasteiger partial charge in [-0.05, 0) is 53.1 Å². The van der Waals surface area contributed by atoms with Gasteiger partial charge < -0.3 is 25.4 Å². The Balaban J connectivity index is 1.57. The quantitative estimate of drug-likeness (QED) is 0.119. The fraction of sp³-hybridized carbons (Fsp3) is 0.429. The van der Waals surface area contributed by atoms with Crippen LogP contribution in [0.2, 0.25) is 0 Å². The molecule has 1 unspecified atom stereocenters. The first kappa shape index (κ1) is 36.5. The molecule has 3 amide bonds. The number of carbonyl (C=O) groups excluding carboxylic acids is 2. The fourth-order valence-corrected chi connectivity index (χ4v) is 7.52. The number of hydrogen-bond donors (Lipinski definition) is 3. The van der Waals surface area contributed by atoms with E-state index >= 15 is 0 Å². The van der Waals surface area contributed by atoms with E-state index in [1.165, 1.54) is 34.8 Å². The van der Waals surface area contributed by atoms with Gasteiger partial charge in [-0.2, -0.15) is 4.31 Å². The van der Waals surface area contributed by atoms with Gasteiger partial charge in [0.2, 0.25) is 15.9 Å². The standard InChI is InChI=1S/C35H46N6O6S/c1-25(2)22-40(48(46,47)30-14-12-28(13-15-30)21-37-45)24-32(42)31(19-27-9-6-5-7-10-27)38-34(43)33(26(3)4)41-18-17-39(35(41)44)23-29-11-8-16-36-20-29/h5-16,20-21,25-26,31-33,42,45H,17-19,22-24H2,1-4H3,(H,38,43)/b37-21+/t31-,32?,33+/m0/s1. The summed E-state index contributed by atoms with van der Waals surface area (Å²) in [4.78, 5) is 35.0. The number of aliphatic hydroxyl groups is 1. The Morgan fingerprint density at radius 2 is 1.69 bits per heavy atom. The minimum Gasteiger partial charge on any atom is -0.411 e. The monoisotopic (exact) mass is 678 g/mol. The summed E-state index contributed by atoms with van der Waals surface area (Å²) in [6.07, 6.45) is 3.53. The maximum absolute atomic E-state index is 14.0. The lowest BCUT2D eigenvalue weighted by Crippen LogP contribution is -2.57. The second kappa shape index (κ2) is 16.7. The van der Waals surface area contributed by atoms with Gasteiger partial charge in [0.15, 0.2) is 0 Å². The van der Waals surface area contributed by atoms with Crippen LogP contribution in [0.4, 0.5) is 4.79 Å². The van der Waals surface area contributed by atoms with E-state index in [1.54, 1.807) is 22.2 Å². The van der Waals surface area contributed by atoms with Crippen LogP contribution in [-0.2, 0) is 27.8 Å². The highest BCUT2D eigenvalue weighted by Crippen LogP contribution is 2.23. The predicted octanol–water partition coefficient (Wildman–Crippen LogP) is 3.59. The van der Waals surface area contributed by atoms with Crippen molar-refractivity contribution in [2.24, 2.45) is 17.0 Å². The first-order chi connectivity index (χ1) is 22.9. The van der Waals surface area contributed by atoms with Crippen LogP contribution in [0.3, 0.4) is 0 Å². The molecular formula is C35H46N6O6S. The van der Waals surface area contributed by atoms with Gasteiger partial charge in [0.25, 0.3) is 0 Å². The van der Waals surface area contributed by atoms with Crippen molar-refractivity contribution in [3.05, 3.63) is 95.8 Å². The van der Waals surface area contributed by atoms with Crippen molar-refractivity contribution in [3.8, 4) is 0 Å². The van der Waals surface area contributed by atoms with E-state index in [1.807, 2.05) is 70.2 Å². The lowest BCUT2D eigenvalue weighted by atomic mass is 9.97. The van der Waals surface area contributed by atoms with E-state index in [4.69, 9.17) is 5.21 Å². The molecule has 3 aromatic rings. The molecule has 1 fully saturated rings. The lowest BCUT2D eigenvalue weighted by Gasteiger charge is -2.34. The number of hydrogen-bond acceptors (Lipinski definition) is 8. The highest BCUT2D eigenvalue weighted by molar-refractivity contribution is 7.89. The van der Waals surface area contributed by atoms with E-state index < -0.39 is 34.1 Å². The smallest absolute Gasteiger partial charge is 0.321 e. The van der Waals surface area contributed by atoms with Crippen LogP contribution in [0.5, 0.6) is 0 Å². The van der Waals surface area contributed by atoms with Gasteiger partial charge in [0.05, 0.1) is 23.3 Å². The summed E-state index contributed by atoms with van der Waals surface area (Å²) in [5.74, 6) is -0.713. The maximum Gasteiger partial charge on any atom is 0.321 e. The third-order valence-corrected chi connectivity index (χ3v) is 10.1. The number of nitrogens with zero attached hydrogens (tertiary/aromatic N) is 5. The van der Waals surface area contributed by atoms with Gasteiger partial charge in [-0.3, -0.25) is 9.78 Å². The fourth-order valence-electron chi connectivity index (χ4n) is 5.90. The van der Waals surface area contributed by atoms with E-state index in [-0.39, 0.29) is 42.3 Å². The molecule has 1 aromatic heterocycles. The first-order valence-corrected chi connectivity index (χ1v) is 17.6. The molecule has 258 valence electrons. The summed E-state index contributed by atoms with van der Waals surface area (Å²) in [5.41, 5.74) is 2.26. The van der Waals surface area contributed by atoms with Crippen molar-refractivity contribution >= 4 is 28.2 Å². The highest BCUT2D eigenvalue weighted by Gasteiger charge is 2.40. The Labute approximate surface area is 283 Å². The molecule has 1 saturated heterocycles. The summed E-state index contributed by atoms with van der Waals surface area (Å²) in [6, 6.07) is 17.0. The number of rotatable bonds is 16. The van der Waals surface area contributed by atoms with Gasteiger partial charge in [0, 0.05) is 45.1 Å². The summed E-state index contributed by atoms with van der Waals surface area (Å²) in [5, 5.41) is 26.5. The number of urea groups is 1. The average molecular weight is 679 g/mol. The number of carbonyl (C=O) groups is 2. The zero-order valence-electron chi connectivity index (χ0n) is 27.9. The Morgan fingerprint density at radius 3 is 2.29 bits per heavy atom. The van der Waals surface area contributed by atoms with E-state index in [9.17, 15) is 23.1 Å². The number of pyridine rings is 1. The molecule has 3 N–H and O–H groups in total. The third-order valence-electron chi connectivity index (χ3n) is 8.23. The molecule has 0 aliphatic carbocycles. The van der Waals surface area contributed by atoms with Crippen LogP contribution in [0.15, 0.2) is 89.2 Å². The van der Waals surface area contributed by atoms with E-state index in [0.29, 0.717) is 25.2 Å². The van der Waals surface area contributed by atoms with Crippen molar-refractivity contribution < 1.29 is 28.3 Å². The normalized spacial score (nSPS) is 15.9. The molecule has 12 nitrogen and oxygen atoms in total. The molecule has 48 heavy (non-hydrogen) atoms. The van der Waals surface area contributed by atoms with Gasteiger partial charge in [-0.15, -0.1) is 0 Å². The molecule has 3 atom stereocenters. The lowest BCUT2D eigenvalue weighted by molar-refractivity contribution is -0.128. The van der Waals surface area contributed by atoms with Crippen LogP contribution >= 0.6 is 0 Å². The van der Waals surface area contributed by atoms with Gasteiger partial charge >= 0.3 is 6.03 Å². The van der Waals surface area contributed by atoms with Crippen molar-refractivity contribution in [2.45, 2.75) is 63.7 Å². The Hall–Kier alpha value is -4.33. The van der Waals surface area contributed by atoms with Crippen LogP contribution < -0.4 is 5.32 Å². The number of aromatic nitrogens is 1. The van der Waals surface area contributed by atoms with Crippen LogP contribution in [-0.4, -0.2) is 100 Å². The Morgan fingerprint density at radius 1 is 1.00 bits per heavy atom. The molecular weight excluding hydrogens is 632 g/mol. The van der Waals surface area contributed by atoms with Crippen molar-refractivity contribution in [3.63, 3.8) is 0 Å². The van der Waals surface area contributed by atoms with Crippen LogP contribution in [0, 0.1) is 11.8 Å². The topological polar surface area (TPSA) is 156 Å². The van der Waals surface area contributed by atoms with Crippen molar-refractivity contribution in [1.29, 1.82) is 0 Å². The molecule has 0 bridgehead atoms. The second-order valence-corrected chi connectivity index (χ2v) is 14.8. The Kier molecular flexibility index (Phi) is 12.7. The van der Waals surface area contributed by atoms with Gasteiger partial charge in [-0.25, -0.2) is 13.2 Å². The zero-order chi connectivity index (χ0) is 34.8. The Bertz CT molecular complexity index is 1620. The predicted molar refractivity (Wildman–Crippen MR) is 183 cm³/mol. The van der Waals surface area contributed by atoms with Gasteiger partial charge in [-0.1, -0.05) is 81.4 Å².